The quantitative estimate of drug-likeness (QED) is 0.614. The summed E-state index contributed by atoms with van der Waals surface area (Å²) in [5.41, 5.74) is 1.29. The highest BCUT2D eigenvalue weighted by molar-refractivity contribution is 5.94. The molecule has 3 nitrogen and oxygen atoms in total. The fourth-order valence-electron chi connectivity index (χ4n) is 2.38. The molecule has 2 aromatic rings. The van der Waals surface area contributed by atoms with E-state index in [0.29, 0.717) is 11.3 Å². The minimum absolute atomic E-state index is 0.0972. The van der Waals surface area contributed by atoms with Crippen LogP contribution in [0.5, 0.6) is 0 Å². The lowest BCUT2D eigenvalue weighted by Crippen LogP contribution is -2.17. The molecule has 1 aliphatic carbocycles. The molecule has 0 saturated heterocycles. The lowest BCUT2D eigenvalue weighted by molar-refractivity contribution is 0.0370. The monoisotopic (exact) mass is 268 g/mol. The molecule has 0 aliphatic heterocycles. The number of rotatable bonds is 3. The standard InChI is InChI=1S/C17H16O3/c1-2-14-11-13-10-12(8-9-16(13)19-14)17(18)20-15-6-4-3-5-7-15/h2,4,6,8-11,15H,1,3,5,7H2. The van der Waals surface area contributed by atoms with Gasteiger partial charge in [0.05, 0.1) is 5.56 Å². The van der Waals surface area contributed by atoms with Crippen molar-refractivity contribution in [2.45, 2.75) is 25.4 Å². The smallest absolute Gasteiger partial charge is 0.338 e. The van der Waals surface area contributed by atoms with Gasteiger partial charge in [-0.05, 0) is 55.7 Å². The number of hydrogen-bond donors (Lipinski definition) is 0. The van der Waals surface area contributed by atoms with E-state index in [1.54, 1.807) is 24.3 Å². The molecule has 1 aromatic carbocycles. The molecule has 3 heteroatoms. The average Bonchev–Trinajstić information content (AvgIpc) is 2.90. The Hall–Kier alpha value is -2.29. The number of fused-ring (bicyclic) bond motifs is 1. The highest BCUT2D eigenvalue weighted by atomic mass is 16.5. The van der Waals surface area contributed by atoms with E-state index >= 15 is 0 Å². The number of allylic oxidation sites excluding steroid dienone is 1. The molecule has 1 aromatic heterocycles. The topological polar surface area (TPSA) is 39.4 Å². The predicted octanol–water partition coefficient (Wildman–Crippen LogP) is 4.34. The maximum absolute atomic E-state index is 12.1. The van der Waals surface area contributed by atoms with E-state index in [0.717, 1.165) is 30.2 Å². The zero-order chi connectivity index (χ0) is 13.9. The number of benzene rings is 1. The molecular formula is C17H16O3. The van der Waals surface area contributed by atoms with Gasteiger partial charge < -0.3 is 9.15 Å². The summed E-state index contributed by atoms with van der Waals surface area (Å²) in [4.78, 5) is 12.1. The van der Waals surface area contributed by atoms with Crippen LogP contribution in [-0.2, 0) is 4.74 Å². The minimum atomic E-state index is -0.287. The van der Waals surface area contributed by atoms with Gasteiger partial charge in [-0.3, -0.25) is 0 Å². The summed E-state index contributed by atoms with van der Waals surface area (Å²) in [6.07, 6.45) is 8.61. The molecule has 1 aliphatic rings. The first-order valence-corrected chi connectivity index (χ1v) is 6.80. The Labute approximate surface area is 117 Å². The van der Waals surface area contributed by atoms with Gasteiger partial charge in [0.15, 0.2) is 0 Å². The number of furan rings is 1. The second-order valence-corrected chi connectivity index (χ2v) is 4.91. The molecular weight excluding hydrogens is 252 g/mol. The van der Waals surface area contributed by atoms with Crippen LogP contribution in [-0.4, -0.2) is 12.1 Å². The zero-order valence-electron chi connectivity index (χ0n) is 11.2. The summed E-state index contributed by atoms with van der Waals surface area (Å²) in [6, 6.07) is 7.17. The highest BCUT2D eigenvalue weighted by Crippen LogP contribution is 2.22. The molecule has 0 N–H and O–H groups in total. The van der Waals surface area contributed by atoms with Crippen molar-refractivity contribution >= 4 is 23.0 Å². The van der Waals surface area contributed by atoms with Crippen LogP contribution in [0, 0.1) is 0 Å². The Morgan fingerprint density at radius 3 is 3.05 bits per heavy atom. The molecule has 0 amide bonds. The third kappa shape index (κ3) is 2.52. The van der Waals surface area contributed by atoms with E-state index in [4.69, 9.17) is 9.15 Å². The first-order valence-electron chi connectivity index (χ1n) is 6.80. The van der Waals surface area contributed by atoms with Crippen LogP contribution in [0.4, 0.5) is 0 Å². The van der Waals surface area contributed by atoms with E-state index in [9.17, 15) is 4.79 Å². The van der Waals surface area contributed by atoms with Gasteiger partial charge in [0.2, 0.25) is 0 Å². The van der Waals surface area contributed by atoms with Crippen LogP contribution in [0.25, 0.3) is 17.0 Å². The first-order chi connectivity index (χ1) is 9.76. The summed E-state index contributed by atoms with van der Waals surface area (Å²) >= 11 is 0. The SMILES string of the molecule is C=Cc1cc2cc(C(=O)OC3C=CCCC3)ccc2o1. The van der Waals surface area contributed by atoms with Crippen LogP contribution in [0.2, 0.25) is 0 Å². The first kappa shape index (κ1) is 12.7. The Bertz CT molecular complexity index is 679. The fraction of sp³-hybridized carbons (Fsp3) is 0.235. The molecule has 0 radical (unpaired) electrons. The van der Waals surface area contributed by atoms with Crippen molar-refractivity contribution in [1.29, 1.82) is 0 Å². The summed E-state index contributed by atoms with van der Waals surface area (Å²) in [5.74, 6) is 0.408. The maximum Gasteiger partial charge on any atom is 0.338 e. The van der Waals surface area contributed by atoms with Crippen LogP contribution >= 0.6 is 0 Å². The van der Waals surface area contributed by atoms with Crippen molar-refractivity contribution in [2.24, 2.45) is 0 Å². The largest absolute Gasteiger partial charge is 0.457 e. The van der Waals surface area contributed by atoms with Crippen molar-refractivity contribution in [3.05, 3.63) is 54.3 Å². The summed E-state index contributed by atoms with van der Waals surface area (Å²) < 4.78 is 11.0. The summed E-state index contributed by atoms with van der Waals surface area (Å²) in [6.45, 7) is 3.67. The van der Waals surface area contributed by atoms with Gasteiger partial charge in [0, 0.05) is 5.39 Å². The van der Waals surface area contributed by atoms with E-state index < -0.39 is 0 Å². The molecule has 1 heterocycles. The van der Waals surface area contributed by atoms with Crippen molar-refractivity contribution < 1.29 is 13.9 Å². The average molecular weight is 268 g/mol. The van der Waals surface area contributed by atoms with Gasteiger partial charge in [0.1, 0.15) is 17.4 Å². The number of carbonyl (C=O) groups excluding carboxylic acids is 1. The van der Waals surface area contributed by atoms with Gasteiger partial charge in [-0.15, -0.1) is 0 Å². The highest BCUT2D eigenvalue weighted by Gasteiger charge is 2.16. The predicted molar refractivity (Wildman–Crippen MR) is 78.5 cm³/mol. The number of hydrogen-bond acceptors (Lipinski definition) is 3. The second-order valence-electron chi connectivity index (χ2n) is 4.91. The van der Waals surface area contributed by atoms with Gasteiger partial charge >= 0.3 is 5.97 Å². The molecule has 1 atom stereocenters. The Morgan fingerprint density at radius 1 is 1.40 bits per heavy atom. The lowest BCUT2D eigenvalue weighted by Gasteiger charge is -2.17. The van der Waals surface area contributed by atoms with Gasteiger partial charge in [-0.25, -0.2) is 4.79 Å². The fourth-order valence-corrected chi connectivity index (χ4v) is 2.38. The molecule has 0 fully saturated rings. The van der Waals surface area contributed by atoms with E-state index in [-0.39, 0.29) is 12.1 Å². The molecule has 102 valence electrons. The van der Waals surface area contributed by atoms with Crippen LogP contribution < -0.4 is 0 Å². The van der Waals surface area contributed by atoms with Crippen molar-refractivity contribution in [3.8, 4) is 0 Å². The summed E-state index contributed by atoms with van der Waals surface area (Å²) in [7, 11) is 0. The number of carbonyl (C=O) groups is 1. The minimum Gasteiger partial charge on any atom is -0.457 e. The molecule has 0 saturated carbocycles. The lowest BCUT2D eigenvalue weighted by atomic mass is 10.1. The molecule has 0 spiro atoms. The molecule has 3 rings (SSSR count). The maximum atomic E-state index is 12.1. The van der Waals surface area contributed by atoms with Crippen LogP contribution in [0.3, 0.4) is 0 Å². The Morgan fingerprint density at radius 2 is 2.30 bits per heavy atom. The summed E-state index contributed by atoms with van der Waals surface area (Å²) in [5, 5.41) is 0.883. The van der Waals surface area contributed by atoms with Crippen molar-refractivity contribution in [3.63, 3.8) is 0 Å². The van der Waals surface area contributed by atoms with Crippen molar-refractivity contribution in [1.82, 2.24) is 0 Å². The number of esters is 1. The number of ether oxygens (including phenoxy) is 1. The van der Waals surface area contributed by atoms with Gasteiger partial charge in [-0.1, -0.05) is 12.7 Å². The molecule has 20 heavy (non-hydrogen) atoms. The zero-order valence-corrected chi connectivity index (χ0v) is 11.2. The second kappa shape index (κ2) is 5.37. The van der Waals surface area contributed by atoms with E-state index in [1.165, 1.54) is 0 Å². The normalized spacial score (nSPS) is 18.1. The van der Waals surface area contributed by atoms with Crippen molar-refractivity contribution in [2.75, 3.05) is 0 Å². The Balaban J connectivity index is 1.81. The molecule has 1 unspecified atom stereocenters. The third-order valence-electron chi connectivity index (χ3n) is 3.44. The van der Waals surface area contributed by atoms with E-state index in [1.807, 2.05) is 12.1 Å². The third-order valence-corrected chi connectivity index (χ3v) is 3.44. The van der Waals surface area contributed by atoms with Gasteiger partial charge in [-0.2, -0.15) is 0 Å². The van der Waals surface area contributed by atoms with Crippen LogP contribution in [0.15, 0.2) is 47.4 Å². The Kier molecular flexibility index (Phi) is 3.42. The van der Waals surface area contributed by atoms with E-state index in [2.05, 4.69) is 12.7 Å². The van der Waals surface area contributed by atoms with Crippen LogP contribution in [0.1, 0.15) is 35.4 Å². The molecule has 0 bridgehead atoms. The van der Waals surface area contributed by atoms with Gasteiger partial charge in [0.25, 0.3) is 0 Å².